The molecule has 1 aliphatic heterocycles. The zero-order valence-corrected chi connectivity index (χ0v) is 10.1. The van der Waals surface area contributed by atoms with E-state index in [4.69, 9.17) is 5.73 Å². The van der Waals surface area contributed by atoms with Crippen molar-refractivity contribution in [2.24, 2.45) is 0 Å². The normalized spacial score (nSPS) is 23.7. The minimum absolute atomic E-state index is 0.0867. The lowest BCUT2D eigenvalue weighted by molar-refractivity contribution is 0.466. The summed E-state index contributed by atoms with van der Waals surface area (Å²) >= 11 is 0. The van der Waals surface area contributed by atoms with Gasteiger partial charge in [0.2, 0.25) is 0 Å². The number of hydrogen-bond donors (Lipinski definition) is 1. The summed E-state index contributed by atoms with van der Waals surface area (Å²) in [7, 11) is -2.90. The van der Waals surface area contributed by atoms with E-state index in [1.165, 1.54) is 0 Å². The van der Waals surface area contributed by atoms with Crippen molar-refractivity contribution >= 4 is 15.7 Å². The number of nitrogens with two attached hydrogens (primary N) is 1. The lowest BCUT2D eigenvalue weighted by atomic mass is 10.2. The molecule has 6 nitrogen and oxygen atoms in total. The second-order valence-corrected chi connectivity index (χ2v) is 6.40. The van der Waals surface area contributed by atoms with Crippen molar-refractivity contribution in [2.45, 2.75) is 32.2 Å². The monoisotopic (exact) mass is 244 g/mol. The predicted octanol–water partition coefficient (Wildman–Crippen LogP) is 0.172. The van der Waals surface area contributed by atoms with Gasteiger partial charge in [0.1, 0.15) is 0 Å². The van der Waals surface area contributed by atoms with Gasteiger partial charge < -0.3 is 5.73 Å². The zero-order chi connectivity index (χ0) is 11.8. The van der Waals surface area contributed by atoms with Crippen LogP contribution in [0.5, 0.6) is 0 Å². The van der Waals surface area contributed by atoms with Crippen LogP contribution in [0.25, 0.3) is 0 Å². The smallest absolute Gasteiger partial charge is 0.169 e. The van der Waals surface area contributed by atoms with E-state index in [1.54, 1.807) is 4.68 Å². The first-order valence-electron chi connectivity index (χ1n) is 5.43. The number of nitrogens with zero attached hydrogens (tertiary/aromatic N) is 3. The van der Waals surface area contributed by atoms with Crippen molar-refractivity contribution in [3.63, 3.8) is 0 Å². The highest BCUT2D eigenvalue weighted by atomic mass is 32.2. The summed E-state index contributed by atoms with van der Waals surface area (Å²) in [5.74, 6) is 0.821. The minimum Gasteiger partial charge on any atom is -0.381 e. The molecule has 1 aromatic heterocycles. The van der Waals surface area contributed by atoms with Crippen LogP contribution in [-0.2, 0) is 16.3 Å². The highest BCUT2D eigenvalue weighted by Crippen LogP contribution is 2.25. The standard InChI is InChI=1S/C9H16N4O2S/c1-2-3-8-9(10)11-12-13(8)7-4-5-16(14,15)6-7/h7H,2-6,10H2,1H3. The van der Waals surface area contributed by atoms with Gasteiger partial charge in [-0.3, -0.25) is 0 Å². The Morgan fingerprint density at radius 1 is 1.56 bits per heavy atom. The van der Waals surface area contributed by atoms with Crippen molar-refractivity contribution < 1.29 is 8.42 Å². The number of hydrogen-bond acceptors (Lipinski definition) is 5. The maximum absolute atomic E-state index is 11.4. The summed E-state index contributed by atoms with van der Waals surface area (Å²) in [4.78, 5) is 0. The maximum atomic E-state index is 11.4. The summed E-state index contributed by atoms with van der Waals surface area (Å²) in [6.45, 7) is 2.04. The van der Waals surface area contributed by atoms with Crippen LogP contribution in [0, 0.1) is 0 Å². The molecule has 0 amide bonds. The minimum atomic E-state index is -2.90. The van der Waals surface area contributed by atoms with E-state index < -0.39 is 9.84 Å². The van der Waals surface area contributed by atoms with Gasteiger partial charge in [-0.15, -0.1) is 5.10 Å². The predicted molar refractivity (Wildman–Crippen MR) is 60.7 cm³/mol. The molecule has 0 bridgehead atoms. The van der Waals surface area contributed by atoms with Gasteiger partial charge in [0.25, 0.3) is 0 Å². The van der Waals surface area contributed by atoms with Gasteiger partial charge in [-0.1, -0.05) is 18.6 Å². The van der Waals surface area contributed by atoms with Gasteiger partial charge >= 0.3 is 0 Å². The first-order valence-corrected chi connectivity index (χ1v) is 7.25. The molecule has 16 heavy (non-hydrogen) atoms. The molecule has 0 spiro atoms. The number of anilines is 1. The summed E-state index contributed by atoms with van der Waals surface area (Å²) < 4.78 is 24.5. The van der Waals surface area contributed by atoms with Crippen LogP contribution in [0.3, 0.4) is 0 Å². The summed E-state index contributed by atoms with van der Waals surface area (Å²) in [6, 6.07) is -0.0867. The summed E-state index contributed by atoms with van der Waals surface area (Å²) in [5.41, 5.74) is 6.58. The van der Waals surface area contributed by atoms with Crippen molar-refractivity contribution in [2.75, 3.05) is 17.2 Å². The molecule has 2 rings (SSSR count). The van der Waals surface area contributed by atoms with Gasteiger partial charge in [-0.2, -0.15) is 0 Å². The van der Waals surface area contributed by atoms with E-state index in [9.17, 15) is 8.42 Å². The molecule has 2 N–H and O–H groups in total. The van der Waals surface area contributed by atoms with Gasteiger partial charge in [0, 0.05) is 0 Å². The highest BCUT2D eigenvalue weighted by molar-refractivity contribution is 7.91. The van der Waals surface area contributed by atoms with Crippen molar-refractivity contribution in [1.29, 1.82) is 0 Å². The lowest BCUT2D eigenvalue weighted by Crippen LogP contribution is -2.15. The molecule has 1 saturated heterocycles. The van der Waals surface area contributed by atoms with E-state index in [1.807, 2.05) is 6.92 Å². The molecule has 90 valence electrons. The van der Waals surface area contributed by atoms with Crippen LogP contribution >= 0.6 is 0 Å². The second kappa shape index (κ2) is 4.04. The Labute approximate surface area is 94.7 Å². The fraction of sp³-hybridized carbons (Fsp3) is 0.778. The number of rotatable bonds is 3. The summed E-state index contributed by atoms with van der Waals surface area (Å²) in [6.07, 6.45) is 2.34. The third-order valence-electron chi connectivity index (χ3n) is 2.86. The van der Waals surface area contributed by atoms with Gasteiger partial charge in [-0.25, -0.2) is 13.1 Å². The topological polar surface area (TPSA) is 90.9 Å². The average molecular weight is 244 g/mol. The molecule has 7 heteroatoms. The van der Waals surface area contributed by atoms with Crippen LogP contribution in [-0.4, -0.2) is 34.9 Å². The summed E-state index contributed by atoms with van der Waals surface area (Å²) in [5, 5.41) is 7.78. The van der Waals surface area contributed by atoms with Gasteiger partial charge in [0.05, 0.1) is 23.2 Å². The zero-order valence-electron chi connectivity index (χ0n) is 9.26. The molecule has 1 aromatic rings. The number of sulfone groups is 1. The van der Waals surface area contributed by atoms with Gasteiger partial charge in [0.15, 0.2) is 15.7 Å². The fourth-order valence-electron chi connectivity index (χ4n) is 2.07. The third kappa shape index (κ3) is 2.04. The second-order valence-electron chi connectivity index (χ2n) is 4.17. The van der Waals surface area contributed by atoms with Crippen LogP contribution in [0.1, 0.15) is 31.5 Å². The Morgan fingerprint density at radius 2 is 2.31 bits per heavy atom. The first kappa shape index (κ1) is 11.4. The van der Waals surface area contributed by atoms with Crippen molar-refractivity contribution in [3.05, 3.63) is 5.69 Å². The SMILES string of the molecule is CCCc1c(N)nnn1C1CCS(=O)(=O)C1. The van der Waals surface area contributed by atoms with E-state index >= 15 is 0 Å². The largest absolute Gasteiger partial charge is 0.381 e. The van der Waals surface area contributed by atoms with Crippen LogP contribution in [0.2, 0.25) is 0 Å². The fourth-order valence-corrected chi connectivity index (χ4v) is 3.76. The van der Waals surface area contributed by atoms with Crippen LogP contribution < -0.4 is 5.73 Å². The Bertz CT molecular complexity index is 480. The Hall–Kier alpha value is -1.11. The molecular weight excluding hydrogens is 228 g/mol. The van der Waals surface area contributed by atoms with Crippen molar-refractivity contribution in [3.8, 4) is 0 Å². The van der Waals surface area contributed by atoms with E-state index in [0.717, 1.165) is 18.5 Å². The van der Waals surface area contributed by atoms with E-state index in [0.29, 0.717) is 12.2 Å². The molecule has 1 fully saturated rings. The molecule has 0 saturated carbocycles. The highest BCUT2D eigenvalue weighted by Gasteiger charge is 2.31. The number of nitrogen functional groups attached to an aromatic ring is 1. The van der Waals surface area contributed by atoms with Crippen molar-refractivity contribution in [1.82, 2.24) is 15.0 Å². The molecule has 2 heterocycles. The lowest BCUT2D eigenvalue weighted by Gasteiger charge is -2.11. The molecule has 0 radical (unpaired) electrons. The molecular formula is C9H16N4O2S. The molecule has 1 unspecified atom stereocenters. The quantitative estimate of drug-likeness (QED) is 0.818. The molecule has 0 aromatic carbocycles. The number of aromatic nitrogens is 3. The Balaban J connectivity index is 2.28. The molecule has 1 atom stereocenters. The molecule has 1 aliphatic rings. The maximum Gasteiger partial charge on any atom is 0.169 e. The third-order valence-corrected chi connectivity index (χ3v) is 4.61. The Kier molecular flexibility index (Phi) is 2.88. The average Bonchev–Trinajstić information content (AvgIpc) is 2.72. The van der Waals surface area contributed by atoms with Gasteiger partial charge in [-0.05, 0) is 12.8 Å². The van der Waals surface area contributed by atoms with Crippen LogP contribution in [0.4, 0.5) is 5.82 Å². The molecule has 0 aliphatic carbocycles. The van der Waals surface area contributed by atoms with E-state index in [-0.39, 0.29) is 17.5 Å². The van der Waals surface area contributed by atoms with Crippen LogP contribution in [0.15, 0.2) is 0 Å². The Morgan fingerprint density at radius 3 is 2.88 bits per heavy atom. The van der Waals surface area contributed by atoms with E-state index in [2.05, 4.69) is 10.3 Å². The first-order chi connectivity index (χ1) is 7.53.